The van der Waals surface area contributed by atoms with Gasteiger partial charge < -0.3 is 13.4 Å². The van der Waals surface area contributed by atoms with Gasteiger partial charge in [0.05, 0.1) is 5.92 Å². The summed E-state index contributed by atoms with van der Waals surface area (Å²) in [6.07, 6.45) is 0. The molecule has 0 aromatic rings. The third-order valence-electron chi connectivity index (χ3n) is 0.494. The number of carboxylic acids is 1. The van der Waals surface area contributed by atoms with E-state index in [0.717, 1.165) is 0 Å². The Balaban J connectivity index is -0.0000000208. The van der Waals surface area contributed by atoms with E-state index in [9.17, 15) is 4.79 Å². The summed E-state index contributed by atoms with van der Waals surface area (Å²) >= 11 is 0. The van der Waals surface area contributed by atoms with Gasteiger partial charge in [-0.05, 0) is 0 Å². The summed E-state index contributed by atoms with van der Waals surface area (Å²) in [4.78, 5) is 9.70. The van der Waals surface area contributed by atoms with E-state index in [1.807, 2.05) is 0 Å². The Bertz CT molecular complexity index is 69.5. The first-order valence-corrected chi connectivity index (χ1v) is 1.87. The molecule has 0 saturated heterocycles. The molecule has 3 nitrogen and oxygen atoms in total. The molecule has 0 spiro atoms. The average Bonchev–Trinajstić information content (AvgIpc) is 1.36. The van der Waals surface area contributed by atoms with Crippen molar-refractivity contribution in [1.29, 1.82) is 0 Å². The molecule has 0 unspecified atom stereocenters. The minimum atomic E-state index is -0.741. The van der Waals surface area contributed by atoms with Crippen LogP contribution in [0.5, 0.6) is 0 Å². The molecule has 0 atom stereocenters. The van der Waals surface area contributed by atoms with E-state index in [4.69, 9.17) is 5.11 Å². The van der Waals surface area contributed by atoms with Crippen molar-refractivity contribution in [2.75, 3.05) is 0 Å². The molecule has 0 radical (unpaired) electrons. The summed E-state index contributed by atoms with van der Waals surface area (Å²) < 4.78 is 0. The van der Waals surface area contributed by atoms with Crippen molar-refractivity contribution in [3.8, 4) is 0 Å². The van der Waals surface area contributed by atoms with E-state index in [0.29, 0.717) is 0 Å². The van der Waals surface area contributed by atoms with E-state index in [1.54, 1.807) is 13.8 Å². The standard InChI is InChI=1S/C4H8O2.Mg.H2O.2H/c1-3(2)4(5)6;;;;/h3H,1-2H3,(H,5,6);;1H2;;/q;+2;;2*-1. The second-order valence-electron chi connectivity index (χ2n) is 1.49. The van der Waals surface area contributed by atoms with Crippen molar-refractivity contribution in [3.63, 3.8) is 0 Å². The number of hydrogen-bond acceptors (Lipinski definition) is 1. The average molecular weight is 132 g/mol. The number of hydrogen-bond donors (Lipinski definition) is 1. The van der Waals surface area contributed by atoms with Crippen LogP contribution in [0.3, 0.4) is 0 Å². The van der Waals surface area contributed by atoms with E-state index >= 15 is 0 Å². The largest absolute Gasteiger partial charge is 2.00 e. The maximum absolute atomic E-state index is 9.70. The molecular formula is C4H12MgO3. The fourth-order valence-corrected chi connectivity index (χ4v) is 0. The molecule has 0 saturated carbocycles. The van der Waals surface area contributed by atoms with Gasteiger partial charge in [-0.2, -0.15) is 0 Å². The van der Waals surface area contributed by atoms with Gasteiger partial charge in [0.15, 0.2) is 0 Å². The van der Waals surface area contributed by atoms with Crippen LogP contribution in [-0.2, 0) is 4.79 Å². The Morgan fingerprint density at radius 1 is 1.62 bits per heavy atom. The quantitative estimate of drug-likeness (QED) is 0.500. The van der Waals surface area contributed by atoms with E-state index in [-0.39, 0.29) is 37.3 Å². The van der Waals surface area contributed by atoms with E-state index in [2.05, 4.69) is 0 Å². The number of carbonyl (C=O) groups is 1. The minimum Gasteiger partial charge on any atom is -1.00 e. The van der Waals surface area contributed by atoms with Gasteiger partial charge in [-0.1, -0.05) is 13.8 Å². The van der Waals surface area contributed by atoms with Gasteiger partial charge in [-0.25, -0.2) is 0 Å². The normalized spacial score (nSPS) is 6.88. The van der Waals surface area contributed by atoms with Crippen LogP contribution in [0, 0.1) is 5.92 Å². The molecule has 0 aromatic carbocycles. The molecule has 0 fully saturated rings. The second-order valence-corrected chi connectivity index (χ2v) is 1.49. The topological polar surface area (TPSA) is 68.8 Å². The van der Waals surface area contributed by atoms with Gasteiger partial charge in [0.1, 0.15) is 0 Å². The summed E-state index contributed by atoms with van der Waals surface area (Å²) in [5.74, 6) is -0.972. The van der Waals surface area contributed by atoms with E-state index in [1.165, 1.54) is 0 Å². The molecule has 4 heteroatoms. The molecule has 0 bridgehead atoms. The van der Waals surface area contributed by atoms with Crippen molar-refractivity contribution in [2.24, 2.45) is 5.92 Å². The van der Waals surface area contributed by atoms with Crippen LogP contribution < -0.4 is 0 Å². The van der Waals surface area contributed by atoms with Crippen LogP contribution in [0.25, 0.3) is 0 Å². The summed E-state index contributed by atoms with van der Waals surface area (Å²) in [7, 11) is 0. The predicted molar refractivity (Wildman–Crippen MR) is 34.1 cm³/mol. The molecular weight excluding hydrogens is 120 g/mol. The Morgan fingerprint density at radius 3 is 1.75 bits per heavy atom. The van der Waals surface area contributed by atoms with Crippen molar-refractivity contribution in [2.45, 2.75) is 13.8 Å². The summed E-state index contributed by atoms with van der Waals surface area (Å²) in [5.41, 5.74) is 0. The third-order valence-corrected chi connectivity index (χ3v) is 0.494. The molecule has 0 aromatic heterocycles. The first kappa shape index (κ1) is 15.7. The van der Waals surface area contributed by atoms with Crippen molar-refractivity contribution < 1.29 is 18.2 Å². The van der Waals surface area contributed by atoms with Crippen molar-refractivity contribution in [1.82, 2.24) is 0 Å². The van der Waals surface area contributed by atoms with Gasteiger partial charge in [0, 0.05) is 0 Å². The Labute approximate surface area is 67.5 Å². The summed E-state index contributed by atoms with van der Waals surface area (Å²) in [6.45, 7) is 3.28. The third kappa shape index (κ3) is 9.50. The van der Waals surface area contributed by atoms with Crippen LogP contribution in [0.1, 0.15) is 16.7 Å². The monoisotopic (exact) mass is 132 g/mol. The second kappa shape index (κ2) is 7.20. The molecule has 0 heterocycles. The van der Waals surface area contributed by atoms with Crippen LogP contribution in [0.2, 0.25) is 0 Å². The zero-order chi connectivity index (χ0) is 5.15. The van der Waals surface area contributed by atoms with Gasteiger partial charge in [0.2, 0.25) is 0 Å². The van der Waals surface area contributed by atoms with Gasteiger partial charge in [-0.15, -0.1) is 0 Å². The van der Waals surface area contributed by atoms with Gasteiger partial charge in [0.25, 0.3) is 0 Å². The molecule has 3 N–H and O–H groups in total. The van der Waals surface area contributed by atoms with Gasteiger partial charge >= 0.3 is 29.0 Å². The molecule has 8 heavy (non-hydrogen) atoms. The summed E-state index contributed by atoms with van der Waals surface area (Å²) in [6, 6.07) is 0. The zero-order valence-corrected chi connectivity index (χ0v) is 6.55. The first-order chi connectivity index (χ1) is 2.64. The van der Waals surface area contributed by atoms with Crippen LogP contribution in [0.15, 0.2) is 0 Å². The smallest absolute Gasteiger partial charge is 1.00 e. The van der Waals surface area contributed by atoms with Crippen molar-refractivity contribution >= 4 is 29.0 Å². The molecule has 48 valence electrons. The van der Waals surface area contributed by atoms with Crippen LogP contribution in [-0.4, -0.2) is 39.6 Å². The number of rotatable bonds is 1. The Hall–Kier alpha value is 0.196. The van der Waals surface area contributed by atoms with Crippen molar-refractivity contribution in [3.05, 3.63) is 0 Å². The fraction of sp³-hybridized carbons (Fsp3) is 0.750. The molecule has 0 rings (SSSR count). The maximum Gasteiger partial charge on any atom is 2.00 e. The van der Waals surface area contributed by atoms with Gasteiger partial charge in [-0.3, -0.25) is 4.79 Å². The van der Waals surface area contributed by atoms with Crippen LogP contribution in [0.4, 0.5) is 0 Å². The molecule has 0 aliphatic carbocycles. The predicted octanol–water partition coefficient (Wildman–Crippen LogP) is -0.254. The fourth-order valence-electron chi connectivity index (χ4n) is 0. The molecule has 0 amide bonds. The minimum absolute atomic E-state index is 0. The Kier molecular flexibility index (Phi) is 14.1. The number of carboxylic acid groups (broad SMARTS) is 1. The first-order valence-electron chi connectivity index (χ1n) is 1.87. The van der Waals surface area contributed by atoms with E-state index < -0.39 is 5.97 Å². The van der Waals surface area contributed by atoms with Crippen LogP contribution >= 0.6 is 0 Å². The molecule has 0 aliphatic heterocycles. The number of aliphatic carboxylic acids is 1. The Morgan fingerprint density at radius 2 is 1.75 bits per heavy atom. The zero-order valence-electron chi connectivity index (χ0n) is 7.14. The maximum atomic E-state index is 9.70. The molecule has 0 aliphatic rings. The SMILES string of the molecule is CC(C)C(=O)O.O.[H-].[H-].[Mg+2]. The summed E-state index contributed by atoms with van der Waals surface area (Å²) in [5, 5.41) is 7.99.